The summed E-state index contributed by atoms with van der Waals surface area (Å²) < 4.78 is 0. The van der Waals surface area contributed by atoms with E-state index >= 15 is 0 Å². The number of aliphatic hydroxyl groups is 1. The third-order valence-electron chi connectivity index (χ3n) is 2.70. The average Bonchev–Trinajstić information content (AvgIpc) is 2.65. The quantitative estimate of drug-likeness (QED) is 0.781. The zero-order valence-corrected chi connectivity index (χ0v) is 9.19. The Morgan fingerprint density at radius 3 is 3.13 bits per heavy atom. The van der Waals surface area contributed by atoms with Crippen LogP contribution in [0.5, 0.6) is 0 Å². The lowest BCUT2D eigenvalue weighted by Gasteiger charge is -2.14. The molecule has 0 aliphatic carbocycles. The molecule has 0 bridgehead atoms. The molecule has 0 spiro atoms. The number of nitrogens with zero attached hydrogens (tertiary/aromatic N) is 3. The molecule has 0 saturated carbocycles. The minimum atomic E-state index is 0.279. The molecule has 4 nitrogen and oxygen atoms in total. The Labute approximate surface area is 93.9 Å². The van der Waals surface area contributed by atoms with Crippen LogP contribution in [0.25, 0.3) is 0 Å². The molecule has 1 unspecified atom stereocenters. The highest BCUT2D eigenvalue weighted by Gasteiger charge is 2.21. The van der Waals surface area contributed by atoms with Crippen LogP contribution in [-0.2, 0) is 6.54 Å². The minimum absolute atomic E-state index is 0.279. The number of hydrogen-bond acceptors (Lipinski definition) is 4. The van der Waals surface area contributed by atoms with Gasteiger partial charge < -0.3 is 5.11 Å². The van der Waals surface area contributed by atoms with E-state index in [1.54, 1.807) is 6.20 Å². The molecule has 5 heteroatoms. The van der Waals surface area contributed by atoms with E-state index in [4.69, 9.17) is 16.7 Å². The van der Waals surface area contributed by atoms with Crippen molar-refractivity contribution in [3.05, 3.63) is 23.2 Å². The summed E-state index contributed by atoms with van der Waals surface area (Å²) in [5, 5.41) is 9.32. The molecule has 1 aromatic rings. The van der Waals surface area contributed by atoms with Crippen LogP contribution in [0.2, 0.25) is 5.28 Å². The van der Waals surface area contributed by atoms with Crippen molar-refractivity contribution in [1.82, 2.24) is 14.9 Å². The van der Waals surface area contributed by atoms with Crippen LogP contribution < -0.4 is 0 Å². The maximum absolute atomic E-state index is 9.02. The van der Waals surface area contributed by atoms with Crippen LogP contribution in [0.1, 0.15) is 12.1 Å². The van der Waals surface area contributed by atoms with Gasteiger partial charge in [-0.05, 0) is 36.6 Å². The second-order valence-corrected chi connectivity index (χ2v) is 4.23. The van der Waals surface area contributed by atoms with Crippen LogP contribution in [0.3, 0.4) is 0 Å². The minimum Gasteiger partial charge on any atom is -0.396 e. The lowest BCUT2D eigenvalue weighted by Crippen LogP contribution is -2.21. The lowest BCUT2D eigenvalue weighted by molar-refractivity contribution is 0.219. The summed E-state index contributed by atoms with van der Waals surface area (Å²) in [6.45, 7) is 3.03. The Hall–Kier alpha value is -0.710. The van der Waals surface area contributed by atoms with Crippen molar-refractivity contribution < 1.29 is 5.11 Å². The van der Waals surface area contributed by atoms with Crippen molar-refractivity contribution >= 4 is 11.6 Å². The average molecular weight is 228 g/mol. The molecule has 0 aromatic carbocycles. The van der Waals surface area contributed by atoms with Crippen LogP contribution in [0.4, 0.5) is 0 Å². The number of halogens is 1. The van der Waals surface area contributed by atoms with Crippen molar-refractivity contribution in [2.75, 3.05) is 19.7 Å². The molecule has 1 aliphatic rings. The third kappa shape index (κ3) is 2.87. The van der Waals surface area contributed by atoms with Gasteiger partial charge in [0.25, 0.3) is 0 Å². The van der Waals surface area contributed by atoms with Crippen LogP contribution in [-0.4, -0.2) is 39.7 Å². The number of aliphatic hydroxyl groups excluding tert-OH is 1. The summed E-state index contributed by atoms with van der Waals surface area (Å²) >= 11 is 5.71. The lowest BCUT2D eigenvalue weighted by atomic mass is 10.1. The Balaban J connectivity index is 1.92. The van der Waals surface area contributed by atoms with E-state index in [1.807, 2.05) is 6.07 Å². The number of hydrogen-bond donors (Lipinski definition) is 1. The van der Waals surface area contributed by atoms with Crippen molar-refractivity contribution in [2.24, 2.45) is 5.92 Å². The third-order valence-corrected chi connectivity index (χ3v) is 2.88. The SMILES string of the molecule is OCC1CCN(Cc2ccnc(Cl)n2)C1. The number of likely N-dealkylation sites (tertiary alicyclic amines) is 1. The van der Waals surface area contributed by atoms with Crippen LogP contribution in [0, 0.1) is 5.92 Å². The highest BCUT2D eigenvalue weighted by atomic mass is 35.5. The van der Waals surface area contributed by atoms with Crippen LogP contribution >= 0.6 is 11.6 Å². The Morgan fingerprint density at radius 2 is 2.47 bits per heavy atom. The summed E-state index contributed by atoms with van der Waals surface area (Å²) in [5.41, 5.74) is 0.939. The van der Waals surface area contributed by atoms with Gasteiger partial charge in [0.05, 0.1) is 5.69 Å². The fourth-order valence-corrected chi connectivity index (χ4v) is 2.06. The molecule has 82 valence electrons. The first-order valence-corrected chi connectivity index (χ1v) is 5.46. The predicted octanol–water partition coefficient (Wildman–Crippen LogP) is 0.944. The van der Waals surface area contributed by atoms with Crippen LogP contribution in [0.15, 0.2) is 12.3 Å². The largest absolute Gasteiger partial charge is 0.396 e. The van der Waals surface area contributed by atoms with Gasteiger partial charge in [-0.3, -0.25) is 4.90 Å². The molecule has 1 atom stereocenters. The summed E-state index contributed by atoms with van der Waals surface area (Å²) in [5.74, 6) is 0.419. The molecule has 1 fully saturated rings. The van der Waals surface area contributed by atoms with Gasteiger partial charge in [-0.1, -0.05) is 0 Å². The second kappa shape index (κ2) is 4.88. The fraction of sp³-hybridized carbons (Fsp3) is 0.600. The molecule has 15 heavy (non-hydrogen) atoms. The van der Waals surface area contributed by atoms with Gasteiger partial charge in [-0.15, -0.1) is 0 Å². The maximum Gasteiger partial charge on any atom is 0.222 e. The van der Waals surface area contributed by atoms with E-state index in [-0.39, 0.29) is 6.61 Å². The van der Waals surface area contributed by atoms with Gasteiger partial charge in [0.2, 0.25) is 5.28 Å². The van der Waals surface area contributed by atoms with Gasteiger partial charge in [0.1, 0.15) is 0 Å². The summed E-state index contributed by atoms with van der Waals surface area (Å²) in [7, 11) is 0. The summed E-state index contributed by atoms with van der Waals surface area (Å²) in [4.78, 5) is 10.3. The highest BCUT2D eigenvalue weighted by molar-refractivity contribution is 6.28. The standard InChI is InChI=1S/C10H14ClN3O/c11-10-12-3-1-9(13-10)6-14-4-2-8(5-14)7-15/h1,3,8,15H,2,4-7H2. The highest BCUT2D eigenvalue weighted by Crippen LogP contribution is 2.17. The Morgan fingerprint density at radius 1 is 1.60 bits per heavy atom. The normalized spacial score (nSPS) is 22.1. The first-order valence-electron chi connectivity index (χ1n) is 5.08. The zero-order valence-electron chi connectivity index (χ0n) is 8.43. The monoisotopic (exact) mass is 227 g/mol. The van der Waals surface area contributed by atoms with E-state index in [1.165, 1.54) is 0 Å². The van der Waals surface area contributed by atoms with E-state index in [9.17, 15) is 0 Å². The van der Waals surface area contributed by atoms with Gasteiger partial charge >= 0.3 is 0 Å². The van der Waals surface area contributed by atoms with E-state index < -0.39 is 0 Å². The van der Waals surface area contributed by atoms with E-state index in [0.29, 0.717) is 11.2 Å². The van der Waals surface area contributed by atoms with Crippen molar-refractivity contribution in [2.45, 2.75) is 13.0 Å². The molecule has 2 heterocycles. The summed E-state index contributed by atoms with van der Waals surface area (Å²) in [6.07, 6.45) is 2.74. The van der Waals surface area contributed by atoms with Crippen molar-refractivity contribution in [1.29, 1.82) is 0 Å². The summed E-state index contributed by atoms with van der Waals surface area (Å²) in [6, 6.07) is 1.87. The van der Waals surface area contributed by atoms with Gasteiger partial charge in [0, 0.05) is 25.9 Å². The molecule has 1 aromatic heterocycles. The van der Waals surface area contributed by atoms with Gasteiger partial charge in [-0.2, -0.15) is 0 Å². The molecular formula is C10H14ClN3O. The second-order valence-electron chi connectivity index (χ2n) is 3.89. The molecule has 1 aliphatic heterocycles. The molecule has 1 N–H and O–H groups in total. The molecule has 0 amide bonds. The molecular weight excluding hydrogens is 214 g/mol. The number of rotatable bonds is 3. The van der Waals surface area contributed by atoms with E-state index in [2.05, 4.69) is 14.9 Å². The Bertz CT molecular complexity index is 334. The molecule has 2 rings (SSSR count). The molecule has 1 saturated heterocycles. The predicted molar refractivity (Wildman–Crippen MR) is 57.5 cm³/mol. The smallest absolute Gasteiger partial charge is 0.222 e. The fourth-order valence-electron chi connectivity index (χ4n) is 1.89. The van der Waals surface area contributed by atoms with E-state index in [0.717, 1.165) is 31.7 Å². The maximum atomic E-state index is 9.02. The molecule has 0 radical (unpaired) electrons. The first kappa shape index (κ1) is 10.8. The van der Waals surface area contributed by atoms with Crippen molar-refractivity contribution in [3.63, 3.8) is 0 Å². The zero-order chi connectivity index (χ0) is 10.7. The van der Waals surface area contributed by atoms with Gasteiger partial charge in [-0.25, -0.2) is 9.97 Å². The van der Waals surface area contributed by atoms with Gasteiger partial charge in [0.15, 0.2) is 0 Å². The first-order chi connectivity index (χ1) is 7.28. The topological polar surface area (TPSA) is 49.2 Å². The van der Waals surface area contributed by atoms with Crippen molar-refractivity contribution in [3.8, 4) is 0 Å². The number of aromatic nitrogens is 2. The Kier molecular flexibility index (Phi) is 3.51.